The molecule has 0 saturated carbocycles. The Hall–Kier alpha value is -1.86. The van der Waals surface area contributed by atoms with Gasteiger partial charge < -0.3 is 5.11 Å². The molecule has 1 N–H and O–H groups in total. The molecule has 1 aromatic carbocycles. The normalized spacial score (nSPS) is 12.1. The van der Waals surface area contributed by atoms with Crippen LogP contribution in [0.15, 0.2) is 24.3 Å². The highest BCUT2D eigenvalue weighted by molar-refractivity contribution is 5.67. The number of hydrogen-bond donors (Lipinski definition) is 1. The summed E-state index contributed by atoms with van der Waals surface area (Å²) >= 11 is 0. The third kappa shape index (κ3) is 4.25. The summed E-state index contributed by atoms with van der Waals surface area (Å²) in [5.74, 6) is -0.796. The van der Waals surface area contributed by atoms with Crippen LogP contribution in [0.25, 0.3) is 0 Å². The minimum atomic E-state index is -0.796. The van der Waals surface area contributed by atoms with Gasteiger partial charge >= 0.3 is 5.97 Å². The fourth-order valence-electron chi connectivity index (χ4n) is 1.59. The summed E-state index contributed by atoms with van der Waals surface area (Å²) in [7, 11) is 1.88. The minimum Gasteiger partial charge on any atom is -0.481 e. The van der Waals surface area contributed by atoms with Crippen molar-refractivity contribution in [2.45, 2.75) is 25.9 Å². The predicted molar refractivity (Wildman–Crippen MR) is 64.3 cm³/mol. The van der Waals surface area contributed by atoms with E-state index in [0.717, 1.165) is 5.56 Å². The number of carbonyl (C=O) groups is 1. The summed E-state index contributed by atoms with van der Waals surface area (Å²) < 4.78 is 0. The topological polar surface area (TPSA) is 64.3 Å². The molecule has 0 saturated heterocycles. The number of carboxylic acid groups (broad SMARTS) is 1. The first-order chi connectivity index (χ1) is 8.02. The Bertz CT molecular complexity index is 437. The van der Waals surface area contributed by atoms with Gasteiger partial charge in [-0.05, 0) is 31.7 Å². The van der Waals surface area contributed by atoms with E-state index < -0.39 is 5.97 Å². The molecule has 1 unspecified atom stereocenters. The molecule has 0 aromatic heterocycles. The molecular formula is C13H16N2O2. The van der Waals surface area contributed by atoms with Gasteiger partial charge in [0.1, 0.15) is 0 Å². The molecule has 0 aliphatic carbocycles. The number of nitrogens with zero attached hydrogens (tertiary/aromatic N) is 2. The Balaban J connectivity index is 2.64. The fraction of sp³-hybridized carbons (Fsp3) is 0.385. The molecule has 0 radical (unpaired) electrons. The number of carboxylic acids is 1. The van der Waals surface area contributed by atoms with Crippen LogP contribution in [0.5, 0.6) is 0 Å². The van der Waals surface area contributed by atoms with Crippen molar-refractivity contribution in [3.63, 3.8) is 0 Å². The van der Waals surface area contributed by atoms with E-state index in [4.69, 9.17) is 10.4 Å². The van der Waals surface area contributed by atoms with Crippen LogP contribution in [0.3, 0.4) is 0 Å². The van der Waals surface area contributed by atoms with E-state index >= 15 is 0 Å². The zero-order valence-electron chi connectivity index (χ0n) is 10.1. The Morgan fingerprint density at radius 2 is 2.29 bits per heavy atom. The summed E-state index contributed by atoms with van der Waals surface area (Å²) in [5.41, 5.74) is 1.64. The summed E-state index contributed by atoms with van der Waals surface area (Å²) in [6.07, 6.45) is 0.119. The van der Waals surface area contributed by atoms with Crippen LogP contribution in [0.4, 0.5) is 0 Å². The van der Waals surface area contributed by atoms with E-state index in [0.29, 0.717) is 12.1 Å². The Morgan fingerprint density at radius 3 is 2.88 bits per heavy atom. The summed E-state index contributed by atoms with van der Waals surface area (Å²) in [6, 6.07) is 9.41. The molecule has 1 rings (SSSR count). The molecule has 0 spiro atoms. The van der Waals surface area contributed by atoms with Crippen LogP contribution < -0.4 is 0 Å². The van der Waals surface area contributed by atoms with Gasteiger partial charge in [0.25, 0.3) is 0 Å². The Morgan fingerprint density at radius 1 is 1.59 bits per heavy atom. The van der Waals surface area contributed by atoms with Gasteiger partial charge in [-0.25, -0.2) is 0 Å². The summed E-state index contributed by atoms with van der Waals surface area (Å²) in [5, 5.41) is 17.5. The van der Waals surface area contributed by atoms with Crippen molar-refractivity contribution in [1.82, 2.24) is 4.90 Å². The maximum Gasteiger partial charge on any atom is 0.304 e. The quantitative estimate of drug-likeness (QED) is 0.841. The number of benzene rings is 1. The maximum atomic E-state index is 10.6. The van der Waals surface area contributed by atoms with Crippen molar-refractivity contribution in [1.29, 1.82) is 5.26 Å². The largest absolute Gasteiger partial charge is 0.481 e. The van der Waals surface area contributed by atoms with Crippen LogP contribution >= 0.6 is 0 Å². The number of rotatable bonds is 5. The van der Waals surface area contributed by atoms with Crippen molar-refractivity contribution >= 4 is 5.97 Å². The van der Waals surface area contributed by atoms with Gasteiger partial charge in [-0.1, -0.05) is 12.1 Å². The van der Waals surface area contributed by atoms with Crippen molar-refractivity contribution in [2.75, 3.05) is 7.05 Å². The van der Waals surface area contributed by atoms with Gasteiger partial charge in [-0.2, -0.15) is 5.26 Å². The number of aliphatic carboxylic acids is 1. The summed E-state index contributed by atoms with van der Waals surface area (Å²) in [4.78, 5) is 12.6. The number of hydrogen-bond acceptors (Lipinski definition) is 3. The van der Waals surface area contributed by atoms with Crippen LogP contribution in [0.2, 0.25) is 0 Å². The standard InChI is InChI=1S/C13H16N2O2/c1-10(6-13(16)17)15(2)9-12-5-3-4-11(7-12)8-14/h3-5,7,10H,6,9H2,1-2H3,(H,16,17). The monoisotopic (exact) mass is 232 g/mol. The molecule has 1 atom stereocenters. The molecule has 0 fully saturated rings. The molecular weight excluding hydrogens is 216 g/mol. The van der Waals surface area contributed by atoms with E-state index in [1.54, 1.807) is 6.07 Å². The lowest BCUT2D eigenvalue weighted by Gasteiger charge is -2.23. The molecule has 0 aliphatic rings. The first kappa shape index (κ1) is 13.2. The van der Waals surface area contributed by atoms with Crippen LogP contribution in [-0.2, 0) is 11.3 Å². The molecule has 0 amide bonds. The van der Waals surface area contributed by atoms with E-state index in [9.17, 15) is 4.79 Å². The molecule has 0 aliphatic heterocycles. The first-order valence-electron chi connectivity index (χ1n) is 5.44. The predicted octanol–water partition coefficient (Wildman–Crippen LogP) is 1.85. The lowest BCUT2D eigenvalue weighted by Crippen LogP contribution is -2.30. The fourth-order valence-corrected chi connectivity index (χ4v) is 1.59. The van der Waals surface area contributed by atoms with Crippen LogP contribution in [0.1, 0.15) is 24.5 Å². The average Bonchev–Trinajstić information content (AvgIpc) is 2.28. The third-order valence-corrected chi connectivity index (χ3v) is 2.71. The highest BCUT2D eigenvalue weighted by atomic mass is 16.4. The van der Waals surface area contributed by atoms with Crippen molar-refractivity contribution < 1.29 is 9.90 Å². The van der Waals surface area contributed by atoms with Gasteiger partial charge in [0.2, 0.25) is 0 Å². The average molecular weight is 232 g/mol. The van der Waals surface area contributed by atoms with E-state index in [1.807, 2.05) is 37.1 Å². The molecule has 17 heavy (non-hydrogen) atoms. The highest BCUT2D eigenvalue weighted by Crippen LogP contribution is 2.10. The van der Waals surface area contributed by atoms with Crippen molar-refractivity contribution in [2.24, 2.45) is 0 Å². The zero-order chi connectivity index (χ0) is 12.8. The zero-order valence-corrected chi connectivity index (χ0v) is 10.1. The van der Waals surface area contributed by atoms with Crippen LogP contribution in [0, 0.1) is 11.3 Å². The van der Waals surface area contributed by atoms with Crippen molar-refractivity contribution in [3.8, 4) is 6.07 Å². The maximum absolute atomic E-state index is 10.6. The van der Waals surface area contributed by atoms with E-state index in [2.05, 4.69) is 6.07 Å². The van der Waals surface area contributed by atoms with Gasteiger partial charge in [-0.15, -0.1) is 0 Å². The number of nitriles is 1. The van der Waals surface area contributed by atoms with Crippen molar-refractivity contribution in [3.05, 3.63) is 35.4 Å². The first-order valence-corrected chi connectivity index (χ1v) is 5.44. The smallest absolute Gasteiger partial charge is 0.304 e. The second kappa shape index (κ2) is 6.02. The minimum absolute atomic E-state index is 0.0294. The second-order valence-electron chi connectivity index (χ2n) is 4.17. The lowest BCUT2D eigenvalue weighted by atomic mass is 10.1. The molecule has 4 heteroatoms. The molecule has 1 aromatic rings. The molecule has 0 bridgehead atoms. The van der Waals surface area contributed by atoms with Gasteiger partial charge in [0.05, 0.1) is 18.1 Å². The van der Waals surface area contributed by atoms with Gasteiger partial charge in [-0.3, -0.25) is 9.69 Å². The van der Waals surface area contributed by atoms with Gasteiger partial charge in [0.15, 0.2) is 0 Å². The highest BCUT2D eigenvalue weighted by Gasteiger charge is 2.13. The van der Waals surface area contributed by atoms with Crippen LogP contribution in [-0.4, -0.2) is 29.1 Å². The molecule has 0 heterocycles. The van der Waals surface area contributed by atoms with E-state index in [1.165, 1.54) is 0 Å². The third-order valence-electron chi connectivity index (χ3n) is 2.71. The van der Waals surface area contributed by atoms with Gasteiger partial charge in [0, 0.05) is 12.6 Å². The van der Waals surface area contributed by atoms with E-state index in [-0.39, 0.29) is 12.5 Å². The Labute approximate surface area is 101 Å². The lowest BCUT2D eigenvalue weighted by molar-refractivity contribution is -0.138. The summed E-state index contributed by atoms with van der Waals surface area (Å²) in [6.45, 7) is 2.52. The molecule has 90 valence electrons. The Kier molecular flexibility index (Phi) is 4.68. The molecule has 4 nitrogen and oxygen atoms in total. The second-order valence-corrected chi connectivity index (χ2v) is 4.17. The SMILES string of the molecule is CC(CC(=O)O)N(C)Cc1cccc(C#N)c1.